The topological polar surface area (TPSA) is 110 Å². The van der Waals surface area contributed by atoms with Crippen molar-refractivity contribution < 1.29 is 10.2 Å². The standard InChI is InChI=1S/C16H16N4O4/c1-19-14-11(15(23)20(2)16(19)24)18-10(8-17-14)13(22)12(21)9-6-4-3-5-7-9/h3-8,12-13,21-22H,1-2H3/t12-,13-/m1/s1. The smallest absolute Gasteiger partial charge is 0.332 e. The van der Waals surface area contributed by atoms with E-state index in [9.17, 15) is 19.8 Å². The predicted molar refractivity (Wildman–Crippen MR) is 86.4 cm³/mol. The average molecular weight is 328 g/mol. The monoisotopic (exact) mass is 328 g/mol. The molecule has 24 heavy (non-hydrogen) atoms. The van der Waals surface area contributed by atoms with E-state index in [1.165, 1.54) is 24.9 Å². The molecule has 1 aromatic carbocycles. The SMILES string of the molecule is Cn1c(=O)c2nc([C@@H](O)[C@H](O)c3ccccc3)cnc2n(C)c1=O. The Balaban J connectivity index is 2.11. The Bertz CT molecular complexity index is 1010. The molecule has 0 spiro atoms. The van der Waals surface area contributed by atoms with Gasteiger partial charge in [-0.3, -0.25) is 13.9 Å². The van der Waals surface area contributed by atoms with Gasteiger partial charge in [0.15, 0.2) is 11.2 Å². The first kappa shape index (κ1) is 16.0. The fourth-order valence-electron chi connectivity index (χ4n) is 2.48. The van der Waals surface area contributed by atoms with Crippen LogP contribution in [0.1, 0.15) is 23.5 Å². The molecule has 2 heterocycles. The van der Waals surface area contributed by atoms with Crippen LogP contribution < -0.4 is 11.2 Å². The summed E-state index contributed by atoms with van der Waals surface area (Å²) in [7, 11) is 2.82. The summed E-state index contributed by atoms with van der Waals surface area (Å²) in [5.41, 5.74) is -0.484. The lowest BCUT2D eigenvalue weighted by molar-refractivity contribution is 0.0146. The Labute approximate surface area is 136 Å². The van der Waals surface area contributed by atoms with Crippen molar-refractivity contribution in [3.8, 4) is 0 Å². The van der Waals surface area contributed by atoms with Crippen molar-refractivity contribution in [2.24, 2.45) is 14.1 Å². The zero-order valence-electron chi connectivity index (χ0n) is 13.1. The second-order valence-electron chi connectivity index (χ2n) is 5.47. The van der Waals surface area contributed by atoms with Gasteiger partial charge < -0.3 is 10.2 Å². The number of hydrogen-bond acceptors (Lipinski definition) is 6. The third kappa shape index (κ3) is 2.51. The highest BCUT2D eigenvalue weighted by Gasteiger charge is 2.23. The fourth-order valence-corrected chi connectivity index (χ4v) is 2.48. The van der Waals surface area contributed by atoms with Gasteiger partial charge in [-0.2, -0.15) is 0 Å². The number of benzene rings is 1. The highest BCUT2D eigenvalue weighted by molar-refractivity contribution is 5.68. The van der Waals surface area contributed by atoms with E-state index in [4.69, 9.17) is 0 Å². The van der Waals surface area contributed by atoms with Crippen LogP contribution in [0.3, 0.4) is 0 Å². The quantitative estimate of drug-likeness (QED) is 0.688. The lowest BCUT2D eigenvalue weighted by Gasteiger charge is -2.18. The lowest BCUT2D eigenvalue weighted by atomic mass is 10.0. The lowest BCUT2D eigenvalue weighted by Crippen LogP contribution is -2.38. The minimum absolute atomic E-state index is 0.0450. The number of fused-ring (bicyclic) bond motifs is 1. The van der Waals surface area contributed by atoms with Crippen LogP contribution >= 0.6 is 0 Å². The molecule has 8 nitrogen and oxygen atoms in total. The highest BCUT2D eigenvalue weighted by Crippen LogP contribution is 2.27. The highest BCUT2D eigenvalue weighted by atomic mass is 16.3. The summed E-state index contributed by atoms with van der Waals surface area (Å²) in [5, 5.41) is 20.6. The summed E-state index contributed by atoms with van der Waals surface area (Å²) < 4.78 is 2.12. The molecule has 3 aromatic rings. The Morgan fingerprint density at radius 2 is 1.67 bits per heavy atom. The molecule has 0 amide bonds. The second-order valence-corrected chi connectivity index (χ2v) is 5.47. The summed E-state index contributed by atoms with van der Waals surface area (Å²) in [6.45, 7) is 0. The van der Waals surface area contributed by atoms with Gasteiger partial charge in [-0.25, -0.2) is 14.8 Å². The van der Waals surface area contributed by atoms with Gasteiger partial charge in [0.1, 0.15) is 12.2 Å². The van der Waals surface area contributed by atoms with E-state index in [2.05, 4.69) is 9.97 Å². The third-order valence-corrected chi connectivity index (χ3v) is 3.91. The normalized spacial score (nSPS) is 13.8. The summed E-state index contributed by atoms with van der Waals surface area (Å²) in [6, 6.07) is 8.62. The maximum absolute atomic E-state index is 12.2. The third-order valence-electron chi connectivity index (χ3n) is 3.91. The molecular formula is C16H16N4O4. The molecule has 124 valence electrons. The number of aliphatic hydroxyl groups is 2. The molecule has 0 bridgehead atoms. The Morgan fingerprint density at radius 1 is 1.00 bits per heavy atom. The molecular weight excluding hydrogens is 312 g/mol. The minimum Gasteiger partial charge on any atom is -0.385 e. The zero-order chi connectivity index (χ0) is 17.4. The first-order valence-corrected chi connectivity index (χ1v) is 7.25. The van der Waals surface area contributed by atoms with Crippen LogP contribution in [0.15, 0.2) is 46.1 Å². The molecule has 8 heteroatoms. The van der Waals surface area contributed by atoms with Gasteiger partial charge in [0, 0.05) is 14.1 Å². The van der Waals surface area contributed by atoms with Gasteiger partial charge in [0.05, 0.1) is 11.9 Å². The second kappa shape index (κ2) is 5.99. The molecule has 0 fully saturated rings. The van der Waals surface area contributed by atoms with Crippen LogP contribution in [0.4, 0.5) is 0 Å². The number of aliphatic hydroxyl groups excluding tert-OH is 2. The zero-order valence-corrected chi connectivity index (χ0v) is 13.1. The molecule has 0 saturated heterocycles. The fraction of sp³-hybridized carbons (Fsp3) is 0.250. The van der Waals surface area contributed by atoms with Crippen molar-refractivity contribution in [2.45, 2.75) is 12.2 Å². The molecule has 0 aliphatic rings. The maximum Gasteiger partial charge on any atom is 0.332 e. The van der Waals surface area contributed by atoms with Crippen LogP contribution in [-0.4, -0.2) is 29.3 Å². The predicted octanol–water partition coefficient (Wildman–Crippen LogP) is -0.206. The maximum atomic E-state index is 12.2. The van der Waals surface area contributed by atoms with E-state index in [0.717, 1.165) is 4.57 Å². The summed E-state index contributed by atoms with van der Waals surface area (Å²) in [5.74, 6) is 0. The largest absolute Gasteiger partial charge is 0.385 e. The molecule has 2 N–H and O–H groups in total. The van der Waals surface area contributed by atoms with Crippen LogP contribution in [0.25, 0.3) is 11.2 Å². The van der Waals surface area contributed by atoms with Crippen molar-refractivity contribution in [2.75, 3.05) is 0 Å². The number of aryl methyl sites for hydroxylation is 1. The van der Waals surface area contributed by atoms with E-state index in [-0.39, 0.29) is 16.9 Å². The van der Waals surface area contributed by atoms with Crippen molar-refractivity contribution in [3.05, 3.63) is 68.6 Å². The van der Waals surface area contributed by atoms with Gasteiger partial charge in [-0.1, -0.05) is 30.3 Å². The Hall–Kier alpha value is -2.84. The number of nitrogens with zero attached hydrogens (tertiary/aromatic N) is 4. The summed E-state index contributed by atoms with van der Waals surface area (Å²) in [6.07, 6.45) is -1.32. The molecule has 3 rings (SSSR count). The van der Waals surface area contributed by atoms with Gasteiger partial charge >= 0.3 is 5.69 Å². The Kier molecular flexibility index (Phi) is 4.00. The summed E-state index contributed by atoms with van der Waals surface area (Å²) in [4.78, 5) is 32.3. The molecule has 0 aliphatic carbocycles. The number of aromatic nitrogens is 4. The van der Waals surface area contributed by atoms with E-state index >= 15 is 0 Å². The van der Waals surface area contributed by atoms with Crippen molar-refractivity contribution in [1.82, 2.24) is 19.1 Å². The van der Waals surface area contributed by atoms with Gasteiger partial charge in [-0.15, -0.1) is 0 Å². The first-order valence-electron chi connectivity index (χ1n) is 7.25. The molecule has 0 saturated carbocycles. The van der Waals surface area contributed by atoms with Crippen LogP contribution in [0.2, 0.25) is 0 Å². The molecule has 0 aliphatic heterocycles. The number of hydrogen-bond donors (Lipinski definition) is 2. The van der Waals surface area contributed by atoms with Crippen molar-refractivity contribution in [1.29, 1.82) is 0 Å². The molecule has 2 aromatic heterocycles. The minimum atomic E-state index is -1.36. The first-order chi connectivity index (χ1) is 11.4. The van der Waals surface area contributed by atoms with Gasteiger partial charge in [0.25, 0.3) is 5.56 Å². The van der Waals surface area contributed by atoms with Crippen molar-refractivity contribution >= 4 is 11.2 Å². The van der Waals surface area contributed by atoms with Crippen LogP contribution in [0.5, 0.6) is 0 Å². The molecule has 0 unspecified atom stereocenters. The summed E-state index contributed by atoms with van der Waals surface area (Å²) >= 11 is 0. The molecule has 2 atom stereocenters. The van der Waals surface area contributed by atoms with E-state index in [1.807, 2.05) is 0 Å². The van der Waals surface area contributed by atoms with Crippen molar-refractivity contribution in [3.63, 3.8) is 0 Å². The molecule has 0 radical (unpaired) electrons. The van der Waals surface area contributed by atoms with E-state index in [1.54, 1.807) is 30.3 Å². The van der Waals surface area contributed by atoms with Crippen LogP contribution in [0, 0.1) is 0 Å². The van der Waals surface area contributed by atoms with Crippen LogP contribution in [-0.2, 0) is 14.1 Å². The van der Waals surface area contributed by atoms with E-state index < -0.39 is 23.5 Å². The van der Waals surface area contributed by atoms with E-state index in [0.29, 0.717) is 5.56 Å². The average Bonchev–Trinajstić information content (AvgIpc) is 2.63. The number of rotatable bonds is 3. The van der Waals surface area contributed by atoms with Gasteiger partial charge in [-0.05, 0) is 5.56 Å². The Morgan fingerprint density at radius 3 is 2.33 bits per heavy atom. The van der Waals surface area contributed by atoms with Gasteiger partial charge in [0.2, 0.25) is 0 Å².